The molecule has 1 aliphatic carbocycles. The Morgan fingerprint density at radius 2 is 2.36 bits per heavy atom. The molecule has 0 aromatic heterocycles. The largest absolute Gasteiger partial charge is 0.399 e. The summed E-state index contributed by atoms with van der Waals surface area (Å²) in [6.45, 7) is 0. The monoisotopic (exact) mass is 156 g/mol. The first-order valence-electron chi connectivity index (χ1n) is 4.15. The van der Waals surface area contributed by atoms with Crippen molar-refractivity contribution in [1.29, 1.82) is 0 Å². The third-order valence-corrected chi connectivity index (χ3v) is 2.13. The SMILES string of the molecule is CNC1CCCC/C1=N/OC. The predicted molar refractivity (Wildman–Crippen MR) is 45.8 cm³/mol. The molecule has 1 rings (SSSR count). The van der Waals surface area contributed by atoms with Gasteiger partial charge in [0.25, 0.3) is 0 Å². The van der Waals surface area contributed by atoms with Crippen molar-refractivity contribution in [1.82, 2.24) is 5.32 Å². The lowest BCUT2D eigenvalue weighted by molar-refractivity contribution is 0.209. The van der Waals surface area contributed by atoms with Crippen LogP contribution in [0.3, 0.4) is 0 Å². The number of nitrogens with one attached hydrogen (secondary N) is 1. The highest BCUT2D eigenvalue weighted by molar-refractivity contribution is 5.89. The average molecular weight is 156 g/mol. The van der Waals surface area contributed by atoms with Crippen molar-refractivity contribution in [3.05, 3.63) is 0 Å². The first kappa shape index (κ1) is 8.53. The van der Waals surface area contributed by atoms with E-state index in [1.54, 1.807) is 7.11 Å². The quantitative estimate of drug-likeness (QED) is 0.608. The molecule has 1 fully saturated rings. The standard InChI is InChI=1S/C8H16N2O/c1-9-7-5-3-4-6-8(7)10-11-2/h7,9H,3-6H2,1-2H3/b10-8-. The van der Waals surface area contributed by atoms with Gasteiger partial charge in [0, 0.05) is 6.04 Å². The maximum absolute atomic E-state index is 4.76. The molecule has 3 heteroatoms. The second-order valence-corrected chi connectivity index (χ2v) is 2.85. The number of nitrogens with zero attached hydrogens (tertiary/aromatic N) is 1. The molecule has 1 aliphatic rings. The van der Waals surface area contributed by atoms with Crippen LogP contribution in [-0.2, 0) is 4.84 Å². The fraction of sp³-hybridized carbons (Fsp3) is 0.875. The third-order valence-electron chi connectivity index (χ3n) is 2.13. The average Bonchev–Trinajstić information content (AvgIpc) is 2.06. The topological polar surface area (TPSA) is 33.6 Å². The first-order valence-corrected chi connectivity index (χ1v) is 4.15. The van der Waals surface area contributed by atoms with E-state index in [1.165, 1.54) is 25.0 Å². The molecule has 0 radical (unpaired) electrons. The molecule has 0 heterocycles. The zero-order chi connectivity index (χ0) is 8.10. The maximum atomic E-state index is 4.76. The van der Waals surface area contributed by atoms with Gasteiger partial charge < -0.3 is 10.2 Å². The van der Waals surface area contributed by atoms with Gasteiger partial charge in [0.1, 0.15) is 7.11 Å². The van der Waals surface area contributed by atoms with Crippen LogP contribution in [0.15, 0.2) is 5.16 Å². The van der Waals surface area contributed by atoms with Crippen molar-refractivity contribution in [3.8, 4) is 0 Å². The van der Waals surface area contributed by atoms with Crippen molar-refractivity contribution in [2.24, 2.45) is 5.16 Å². The van der Waals surface area contributed by atoms with Crippen LogP contribution < -0.4 is 5.32 Å². The summed E-state index contributed by atoms with van der Waals surface area (Å²) in [7, 11) is 3.58. The molecule has 0 aliphatic heterocycles. The van der Waals surface area contributed by atoms with E-state index < -0.39 is 0 Å². The van der Waals surface area contributed by atoms with Crippen LogP contribution in [0.5, 0.6) is 0 Å². The lowest BCUT2D eigenvalue weighted by Crippen LogP contribution is -2.36. The zero-order valence-electron chi connectivity index (χ0n) is 7.26. The van der Waals surface area contributed by atoms with Gasteiger partial charge in [-0.15, -0.1) is 0 Å². The molecular weight excluding hydrogens is 140 g/mol. The van der Waals surface area contributed by atoms with E-state index in [-0.39, 0.29) is 0 Å². The highest BCUT2D eigenvalue weighted by Gasteiger charge is 2.18. The molecule has 0 bridgehead atoms. The van der Waals surface area contributed by atoms with E-state index in [0.717, 1.165) is 6.42 Å². The predicted octanol–water partition coefficient (Wildman–Crippen LogP) is 1.15. The number of hydrogen-bond donors (Lipinski definition) is 1. The van der Waals surface area contributed by atoms with Crippen molar-refractivity contribution in [3.63, 3.8) is 0 Å². The first-order chi connectivity index (χ1) is 5.38. The summed E-state index contributed by atoms with van der Waals surface area (Å²) < 4.78 is 0. The summed E-state index contributed by atoms with van der Waals surface area (Å²) in [6.07, 6.45) is 4.83. The molecule has 1 N–H and O–H groups in total. The third kappa shape index (κ3) is 2.19. The molecule has 3 nitrogen and oxygen atoms in total. The molecule has 1 saturated carbocycles. The van der Waals surface area contributed by atoms with Gasteiger partial charge in [-0.1, -0.05) is 11.6 Å². The maximum Gasteiger partial charge on any atom is 0.106 e. The molecule has 0 aromatic rings. The summed E-state index contributed by atoms with van der Waals surface area (Å²) in [4.78, 5) is 4.76. The molecule has 1 unspecified atom stereocenters. The molecule has 64 valence electrons. The van der Waals surface area contributed by atoms with E-state index in [0.29, 0.717) is 6.04 Å². The van der Waals surface area contributed by atoms with Gasteiger partial charge in [-0.05, 0) is 26.3 Å². The summed E-state index contributed by atoms with van der Waals surface area (Å²) >= 11 is 0. The van der Waals surface area contributed by atoms with Crippen LogP contribution in [0.2, 0.25) is 0 Å². The van der Waals surface area contributed by atoms with Crippen molar-refractivity contribution in [2.75, 3.05) is 14.2 Å². The Labute approximate surface area is 67.8 Å². The minimum atomic E-state index is 0.448. The Hall–Kier alpha value is -0.570. The minimum absolute atomic E-state index is 0.448. The molecular formula is C8H16N2O. The molecule has 1 atom stereocenters. The van der Waals surface area contributed by atoms with Gasteiger partial charge in [0.2, 0.25) is 0 Å². The van der Waals surface area contributed by atoms with Crippen LogP contribution in [0.4, 0.5) is 0 Å². The van der Waals surface area contributed by atoms with Gasteiger partial charge in [-0.25, -0.2) is 0 Å². The van der Waals surface area contributed by atoms with Crippen molar-refractivity contribution < 1.29 is 4.84 Å². The Morgan fingerprint density at radius 3 is 3.00 bits per heavy atom. The summed E-state index contributed by atoms with van der Waals surface area (Å²) in [5.41, 5.74) is 1.17. The minimum Gasteiger partial charge on any atom is -0.399 e. The van der Waals surface area contributed by atoms with Crippen molar-refractivity contribution >= 4 is 5.71 Å². The highest BCUT2D eigenvalue weighted by Crippen LogP contribution is 2.15. The summed E-state index contributed by atoms with van der Waals surface area (Å²) in [5, 5.41) is 7.22. The van der Waals surface area contributed by atoms with Gasteiger partial charge in [0.15, 0.2) is 0 Å². The van der Waals surface area contributed by atoms with Crippen LogP contribution in [0, 0.1) is 0 Å². The summed E-state index contributed by atoms with van der Waals surface area (Å²) in [5.74, 6) is 0. The Bertz CT molecular complexity index is 145. The van der Waals surface area contributed by atoms with E-state index in [1.807, 2.05) is 7.05 Å². The van der Waals surface area contributed by atoms with E-state index in [4.69, 9.17) is 4.84 Å². The molecule has 0 aromatic carbocycles. The lowest BCUT2D eigenvalue weighted by atomic mass is 9.94. The lowest BCUT2D eigenvalue weighted by Gasteiger charge is -2.22. The molecule has 11 heavy (non-hydrogen) atoms. The zero-order valence-corrected chi connectivity index (χ0v) is 7.26. The van der Waals surface area contributed by atoms with Crippen LogP contribution in [0.1, 0.15) is 25.7 Å². The van der Waals surface area contributed by atoms with E-state index in [9.17, 15) is 0 Å². The number of rotatable bonds is 2. The fourth-order valence-electron chi connectivity index (χ4n) is 1.53. The van der Waals surface area contributed by atoms with Crippen LogP contribution in [-0.4, -0.2) is 25.9 Å². The number of oxime groups is 1. The highest BCUT2D eigenvalue weighted by atomic mass is 16.6. The van der Waals surface area contributed by atoms with Crippen LogP contribution >= 0.6 is 0 Å². The van der Waals surface area contributed by atoms with Gasteiger partial charge >= 0.3 is 0 Å². The normalized spacial score (nSPS) is 28.9. The van der Waals surface area contributed by atoms with Crippen LogP contribution in [0.25, 0.3) is 0 Å². The van der Waals surface area contributed by atoms with E-state index >= 15 is 0 Å². The molecule has 0 saturated heterocycles. The fourth-order valence-corrected chi connectivity index (χ4v) is 1.53. The second kappa shape index (κ2) is 4.34. The second-order valence-electron chi connectivity index (χ2n) is 2.85. The van der Waals surface area contributed by atoms with Gasteiger partial charge in [-0.2, -0.15) is 0 Å². The Balaban J connectivity index is 2.51. The Kier molecular flexibility index (Phi) is 3.36. The number of hydrogen-bond acceptors (Lipinski definition) is 3. The van der Waals surface area contributed by atoms with Crippen molar-refractivity contribution in [2.45, 2.75) is 31.7 Å². The van der Waals surface area contributed by atoms with E-state index in [2.05, 4.69) is 10.5 Å². The van der Waals surface area contributed by atoms with Gasteiger partial charge in [-0.3, -0.25) is 0 Å². The molecule has 0 spiro atoms. The molecule has 0 amide bonds. The summed E-state index contributed by atoms with van der Waals surface area (Å²) in [6, 6.07) is 0.448. The Morgan fingerprint density at radius 1 is 1.55 bits per heavy atom. The smallest absolute Gasteiger partial charge is 0.106 e. The van der Waals surface area contributed by atoms with Gasteiger partial charge in [0.05, 0.1) is 5.71 Å².